The van der Waals surface area contributed by atoms with Gasteiger partial charge in [-0.25, -0.2) is 14.3 Å². The van der Waals surface area contributed by atoms with Crippen LogP contribution in [0, 0.1) is 0 Å². The highest BCUT2D eigenvalue weighted by Crippen LogP contribution is 2.29. The van der Waals surface area contributed by atoms with Crippen LogP contribution in [0.3, 0.4) is 0 Å². The van der Waals surface area contributed by atoms with E-state index in [1.165, 1.54) is 12.8 Å². The molecule has 0 atom stereocenters. The SMILES string of the molecule is NC(=O)c1nc(-c2cccc(SN3CCCC3)c2)cnc1N. The highest BCUT2D eigenvalue weighted by atomic mass is 32.2. The van der Waals surface area contributed by atoms with E-state index in [0.717, 1.165) is 23.5 Å². The van der Waals surface area contributed by atoms with Gasteiger partial charge in [-0.3, -0.25) is 4.79 Å². The normalized spacial score (nSPS) is 15.1. The van der Waals surface area contributed by atoms with E-state index in [1.54, 1.807) is 18.1 Å². The zero-order valence-electron chi connectivity index (χ0n) is 12.0. The second kappa shape index (κ2) is 6.33. The van der Waals surface area contributed by atoms with Crippen LogP contribution in [0.5, 0.6) is 0 Å². The van der Waals surface area contributed by atoms with Crippen molar-refractivity contribution >= 4 is 23.7 Å². The van der Waals surface area contributed by atoms with Gasteiger partial charge in [0.05, 0.1) is 11.9 Å². The summed E-state index contributed by atoms with van der Waals surface area (Å²) in [5.74, 6) is -0.617. The van der Waals surface area contributed by atoms with Crippen LogP contribution in [-0.4, -0.2) is 33.3 Å². The third kappa shape index (κ3) is 3.20. The summed E-state index contributed by atoms with van der Waals surface area (Å²) < 4.78 is 2.35. The molecule has 0 spiro atoms. The Labute approximate surface area is 133 Å². The standard InChI is InChI=1S/C15H17N5OS/c16-14-13(15(17)21)19-12(9-18-14)10-4-3-5-11(8-10)22-20-6-1-2-7-20/h3-5,8-9H,1-2,6-7H2,(H2,16,18)(H2,17,21). The summed E-state index contributed by atoms with van der Waals surface area (Å²) in [6.07, 6.45) is 4.05. The van der Waals surface area contributed by atoms with Crippen molar-refractivity contribution in [2.75, 3.05) is 18.8 Å². The van der Waals surface area contributed by atoms with Crippen molar-refractivity contribution < 1.29 is 4.79 Å². The molecule has 22 heavy (non-hydrogen) atoms. The Morgan fingerprint density at radius 1 is 1.27 bits per heavy atom. The summed E-state index contributed by atoms with van der Waals surface area (Å²) in [6, 6.07) is 7.99. The second-order valence-electron chi connectivity index (χ2n) is 5.11. The first-order valence-electron chi connectivity index (χ1n) is 7.09. The molecule has 4 N–H and O–H groups in total. The maximum atomic E-state index is 11.3. The van der Waals surface area contributed by atoms with Gasteiger partial charge in [0.25, 0.3) is 5.91 Å². The molecular weight excluding hydrogens is 298 g/mol. The Kier molecular flexibility index (Phi) is 4.26. The molecule has 114 valence electrons. The Morgan fingerprint density at radius 2 is 2.05 bits per heavy atom. The van der Waals surface area contributed by atoms with Crippen LogP contribution < -0.4 is 11.5 Å². The van der Waals surface area contributed by atoms with Crippen LogP contribution in [0.4, 0.5) is 5.82 Å². The Morgan fingerprint density at radius 3 is 2.77 bits per heavy atom. The summed E-state index contributed by atoms with van der Waals surface area (Å²) in [6.45, 7) is 2.23. The number of hydrogen-bond acceptors (Lipinski definition) is 6. The molecule has 6 nitrogen and oxygen atoms in total. The molecule has 2 heterocycles. The predicted octanol–water partition coefficient (Wildman–Crippen LogP) is 1.93. The molecule has 0 unspecified atom stereocenters. The lowest BCUT2D eigenvalue weighted by molar-refractivity contribution is 0.0996. The fourth-order valence-electron chi connectivity index (χ4n) is 2.36. The highest BCUT2D eigenvalue weighted by Gasteiger charge is 2.14. The molecular formula is C15H17N5OS. The van der Waals surface area contributed by atoms with Crippen molar-refractivity contribution in [2.45, 2.75) is 17.7 Å². The molecule has 1 fully saturated rings. The largest absolute Gasteiger partial charge is 0.382 e. The fourth-order valence-corrected chi connectivity index (χ4v) is 3.42. The number of rotatable bonds is 4. The van der Waals surface area contributed by atoms with Crippen molar-refractivity contribution in [3.05, 3.63) is 36.2 Å². The smallest absolute Gasteiger partial charge is 0.271 e. The van der Waals surface area contributed by atoms with Gasteiger partial charge >= 0.3 is 0 Å². The third-order valence-electron chi connectivity index (χ3n) is 3.46. The molecule has 1 aliphatic heterocycles. The van der Waals surface area contributed by atoms with E-state index < -0.39 is 5.91 Å². The summed E-state index contributed by atoms with van der Waals surface area (Å²) in [4.78, 5) is 20.7. The molecule has 0 aliphatic carbocycles. The molecule has 2 aromatic rings. The van der Waals surface area contributed by atoms with Gasteiger partial charge in [-0.05, 0) is 36.9 Å². The number of nitrogens with zero attached hydrogens (tertiary/aromatic N) is 3. The average molecular weight is 315 g/mol. The number of carbonyl (C=O) groups excluding carboxylic acids is 1. The van der Waals surface area contributed by atoms with Gasteiger partial charge in [0, 0.05) is 23.5 Å². The Bertz CT molecular complexity index is 700. The maximum Gasteiger partial charge on any atom is 0.271 e. The lowest BCUT2D eigenvalue weighted by Crippen LogP contribution is -2.17. The molecule has 3 rings (SSSR count). The van der Waals surface area contributed by atoms with E-state index >= 15 is 0 Å². The number of hydrogen-bond donors (Lipinski definition) is 2. The third-order valence-corrected chi connectivity index (χ3v) is 4.55. The van der Waals surface area contributed by atoms with E-state index in [2.05, 4.69) is 20.3 Å². The lowest BCUT2D eigenvalue weighted by atomic mass is 10.1. The molecule has 1 saturated heterocycles. The molecule has 7 heteroatoms. The number of nitrogens with two attached hydrogens (primary N) is 2. The second-order valence-corrected chi connectivity index (χ2v) is 6.28. The molecule has 1 aliphatic rings. The Hall–Kier alpha value is -2.12. The first kappa shape index (κ1) is 14.8. The number of benzene rings is 1. The molecule has 0 bridgehead atoms. The van der Waals surface area contributed by atoms with Crippen molar-refractivity contribution in [1.82, 2.24) is 14.3 Å². The Balaban J connectivity index is 1.88. The van der Waals surface area contributed by atoms with Gasteiger partial charge in [0.15, 0.2) is 11.5 Å². The van der Waals surface area contributed by atoms with Gasteiger partial charge in [0.2, 0.25) is 0 Å². The van der Waals surface area contributed by atoms with Gasteiger partial charge in [0.1, 0.15) is 0 Å². The number of amides is 1. The van der Waals surface area contributed by atoms with Crippen molar-refractivity contribution in [3.8, 4) is 11.3 Å². The van der Waals surface area contributed by atoms with E-state index in [-0.39, 0.29) is 11.5 Å². The summed E-state index contributed by atoms with van der Waals surface area (Å²) >= 11 is 1.74. The molecule has 0 radical (unpaired) electrons. The topological polar surface area (TPSA) is 98.1 Å². The van der Waals surface area contributed by atoms with Crippen LogP contribution in [0.1, 0.15) is 23.3 Å². The number of anilines is 1. The number of primary amides is 1. The molecule has 0 saturated carbocycles. The van der Waals surface area contributed by atoms with Gasteiger partial charge in [-0.1, -0.05) is 12.1 Å². The van der Waals surface area contributed by atoms with Gasteiger partial charge in [-0.15, -0.1) is 0 Å². The van der Waals surface area contributed by atoms with Crippen molar-refractivity contribution in [1.29, 1.82) is 0 Å². The van der Waals surface area contributed by atoms with E-state index in [0.29, 0.717) is 5.69 Å². The van der Waals surface area contributed by atoms with Crippen molar-refractivity contribution in [3.63, 3.8) is 0 Å². The van der Waals surface area contributed by atoms with Crippen LogP contribution in [-0.2, 0) is 0 Å². The average Bonchev–Trinajstić information content (AvgIpc) is 3.00. The minimum atomic E-state index is -0.672. The summed E-state index contributed by atoms with van der Waals surface area (Å²) in [5, 5.41) is 0. The van der Waals surface area contributed by atoms with Crippen LogP contribution in [0.25, 0.3) is 11.3 Å². The minimum absolute atomic E-state index is 0.00935. The molecule has 1 amide bonds. The zero-order chi connectivity index (χ0) is 15.5. The van der Waals surface area contributed by atoms with Crippen molar-refractivity contribution in [2.24, 2.45) is 5.73 Å². The van der Waals surface area contributed by atoms with E-state index in [4.69, 9.17) is 11.5 Å². The number of carbonyl (C=O) groups is 1. The fraction of sp³-hybridized carbons (Fsp3) is 0.267. The maximum absolute atomic E-state index is 11.3. The summed E-state index contributed by atoms with van der Waals surface area (Å²) in [7, 11) is 0. The predicted molar refractivity (Wildman–Crippen MR) is 87.1 cm³/mol. The van der Waals surface area contributed by atoms with E-state index in [1.807, 2.05) is 18.2 Å². The monoisotopic (exact) mass is 315 g/mol. The number of nitrogen functional groups attached to an aromatic ring is 1. The molecule has 1 aromatic carbocycles. The molecule has 1 aromatic heterocycles. The van der Waals surface area contributed by atoms with Crippen LogP contribution >= 0.6 is 11.9 Å². The summed E-state index contributed by atoms with van der Waals surface area (Å²) in [5.41, 5.74) is 12.4. The zero-order valence-corrected chi connectivity index (χ0v) is 12.8. The van der Waals surface area contributed by atoms with Crippen LogP contribution in [0.2, 0.25) is 0 Å². The van der Waals surface area contributed by atoms with Gasteiger partial charge in [-0.2, -0.15) is 0 Å². The number of aromatic nitrogens is 2. The van der Waals surface area contributed by atoms with Crippen LogP contribution in [0.15, 0.2) is 35.4 Å². The van der Waals surface area contributed by atoms with E-state index in [9.17, 15) is 4.79 Å². The first-order chi connectivity index (χ1) is 10.6. The highest BCUT2D eigenvalue weighted by molar-refractivity contribution is 7.97. The quantitative estimate of drug-likeness (QED) is 0.837. The minimum Gasteiger partial charge on any atom is -0.382 e. The lowest BCUT2D eigenvalue weighted by Gasteiger charge is -2.13. The van der Waals surface area contributed by atoms with Gasteiger partial charge < -0.3 is 11.5 Å². The first-order valence-corrected chi connectivity index (χ1v) is 7.86.